The molecule has 2 heterocycles. The van der Waals surface area contributed by atoms with Crippen LogP contribution in [-0.4, -0.2) is 15.0 Å². The van der Waals surface area contributed by atoms with Gasteiger partial charge in [0, 0.05) is 23.7 Å². The fourth-order valence-electron chi connectivity index (χ4n) is 2.29. The average Bonchev–Trinajstić information content (AvgIpc) is 2.94. The molecule has 1 aromatic carbocycles. The van der Waals surface area contributed by atoms with Gasteiger partial charge in [0.15, 0.2) is 0 Å². The van der Waals surface area contributed by atoms with Gasteiger partial charge in [-0.15, -0.1) is 11.3 Å². The molecule has 0 atom stereocenters. The fourth-order valence-corrected chi connectivity index (χ4v) is 3.10. The Morgan fingerprint density at radius 2 is 1.82 bits per heavy atom. The number of thiazole rings is 1. The molecular weight excluding hydrogens is 292 g/mol. The number of nitrogens with zero attached hydrogens (tertiary/aromatic N) is 3. The average molecular weight is 310 g/mol. The fraction of sp³-hybridized carbons (Fsp3) is 0.235. The van der Waals surface area contributed by atoms with Gasteiger partial charge in [-0.05, 0) is 43.5 Å². The summed E-state index contributed by atoms with van der Waals surface area (Å²) in [5.41, 5.74) is 13.0. The molecule has 0 aliphatic heterocycles. The summed E-state index contributed by atoms with van der Waals surface area (Å²) in [5.74, 6) is 0. The van der Waals surface area contributed by atoms with Crippen molar-refractivity contribution in [2.24, 2.45) is 0 Å². The summed E-state index contributed by atoms with van der Waals surface area (Å²) in [6, 6.07) is 4.18. The molecule has 2 aromatic heterocycles. The molecule has 3 aromatic rings. The molecule has 0 aliphatic carbocycles. The van der Waals surface area contributed by atoms with Gasteiger partial charge in [0.1, 0.15) is 11.4 Å². The highest BCUT2D eigenvalue weighted by atomic mass is 32.1. The second-order valence-corrected chi connectivity index (χ2v) is 6.42. The topological polar surface area (TPSA) is 64.7 Å². The lowest BCUT2D eigenvalue weighted by Crippen LogP contribution is -1.97. The van der Waals surface area contributed by atoms with Crippen LogP contribution in [0.1, 0.15) is 27.4 Å². The van der Waals surface area contributed by atoms with Crippen molar-refractivity contribution >= 4 is 17.0 Å². The first-order valence-electron chi connectivity index (χ1n) is 7.12. The van der Waals surface area contributed by atoms with Crippen LogP contribution in [0.2, 0.25) is 0 Å². The molecular formula is C17H18N4S. The van der Waals surface area contributed by atoms with Crippen molar-refractivity contribution in [3.05, 3.63) is 57.3 Å². The Labute approximate surface area is 134 Å². The van der Waals surface area contributed by atoms with E-state index in [-0.39, 0.29) is 0 Å². The Bertz CT molecular complexity index is 806. The van der Waals surface area contributed by atoms with Crippen LogP contribution in [0.15, 0.2) is 29.9 Å². The number of aromatic nitrogens is 3. The van der Waals surface area contributed by atoms with E-state index >= 15 is 0 Å². The van der Waals surface area contributed by atoms with Crippen molar-refractivity contribution < 1.29 is 0 Å². The van der Waals surface area contributed by atoms with Crippen molar-refractivity contribution in [1.82, 2.24) is 15.0 Å². The van der Waals surface area contributed by atoms with Crippen molar-refractivity contribution in [2.75, 3.05) is 5.73 Å². The molecule has 22 heavy (non-hydrogen) atoms. The van der Waals surface area contributed by atoms with Crippen molar-refractivity contribution in [3.63, 3.8) is 0 Å². The first-order chi connectivity index (χ1) is 10.5. The molecule has 0 saturated heterocycles. The standard InChI is InChI=1S/C17H18N4S/c1-10-5-14(18)11(2)4-13(10)6-17-21-16(9-22-17)15-8-19-12(3)7-20-15/h4-5,7-9H,6,18H2,1-3H3. The molecule has 2 N–H and O–H groups in total. The third-order valence-electron chi connectivity index (χ3n) is 3.66. The van der Waals surface area contributed by atoms with E-state index in [1.165, 1.54) is 11.1 Å². The number of nitrogen functional groups attached to an aromatic ring is 1. The maximum absolute atomic E-state index is 5.95. The van der Waals surface area contributed by atoms with E-state index in [1.54, 1.807) is 23.7 Å². The second-order valence-electron chi connectivity index (χ2n) is 5.48. The van der Waals surface area contributed by atoms with Gasteiger partial charge in [0.2, 0.25) is 0 Å². The van der Waals surface area contributed by atoms with E-state index in [1.807, 2.05) is 25.3 Å². The molecule has 0 saturated carbocycles. The quantitative estimate of drug-likeness (QED) is 0.749. The Kier molecular flexibility index (Phi) is 3.90. The van der Waals surface area contributed by atoms with Crippen LogP contribution in [0.4, 0.5) is 5.69 Å². The van der Waals surface area contributed by atoms with Gasteiger partial charge < -0.3 is 5.73 Å². The van der Waals surface area contributed by atoms with Gasteiger partial charge in [-0.25, -0.2) is 4.98 Å². The number of aryl methyl sites for hydroxylation is 3. The maximum atomic E-state index is 5.95. The predicted octanol–water partition coefficient (Wildman–Crippen LogP) is 3.70. The molecule has 0 spiro atoms. The molecule has 0 radical (unpaired) electrons. The van der Waals surface area contributed by atoms with Crippen LogP contribution >= 0.6 is 11.3 Å². The second kappa shape index (κ2) is 5.85. The smallest absolute Gasteiger partial charge is 0.108 e. The summed E-state index contributed by atoms with van der Waals surface area (Å²) < 4.78 is 0. The molecule has 0 aliphatic rings. The highest BCUT2D eigenvalue weighted by Crippen LogP contribution is 2.24. The molecule has 4 nitrogen and oxygen atoms in total. The Morgan fingerprint density at radius 3 is 2.55 bits per heavy atom. The molecule has 5 heteroatoms. The van der Waals surface area contributed by atoms with E-state index in [2.05, 4.69) is 27.9 Å². The number of nitrogens with two attached hydrogens (primary N) is 1. The summed E-state index contributed by atoms with van der Waals surface area (Å²) in [7, 11) is 0. The number of benzene rings is 1. The van der Waals surface area contributed by atoms with Gasteiger partial charge in [-0.1, -0.05) is 6.07 Å². The highest BCUT2D eigenvalue weighted by molar-refractivity contribution is 7.10. The molecule has 3 rings (SSSR count). The van der Waals surface area contributed by atoms with Crippen LogP contribution in [0, 0.1) is 20.8 Å². The summed E-state index contributed by atoms with van der Waals surface area (Å²) in [6.45, 7) is 6.05. The first-order valence-corrected chi connectivity index (χ1v) is 8.00. The van der Waals surface area contributed by atoms with Crippen LogP contribution in [0.3, 0.4) is 0 Å². The number of rotatable bonds is 3. The molecule has 0 unspecified atom stereocenters. The largest absolute Gasteiger partial charge is 0.399 e. The van der Waals surface area contributed by atoms with E-state index in [9.17, 15) is 0 Å². The first kappa shape index (κ1) is 14.7. The highest BCUT2D eigenvalue weighted by Gasteiger charge is 2.09. The third-order valence-corrected chi connectivity index (χ3v) is 4.51. The zero-order chi connectivity index (χ0) is 15.7. The molecule has 112 valence electrons. The van der Waals surface area contributed by atoms with Crippen LogP contribution < -0.4 is 5.73 Å². The summed E-state index contributed by atoms with van der Waals surface area (Å²) in [5, 5.41) is 3.11. The Morgan fingerprint density at radius 1 is 1.00 bits per heavy atom. The number of hydrogen-bond acceptors (Lipinski definition) is 5. The van der Waals surface area contributed by atoms with E-state index in [4.69, 9.17) is 5.73 Å². The lowest BCUT2D eigenvalue weighted by molar-refractivity contribution is 1.08. The van der Waals surface area contributed by atoms with Crippen LogP contribution in [-0.2, 0) is 6.42 Å². The van der Waals surface area contributed by atoms with E-state index in [0.717, 1.165) is 39.8 Å². The molecule has 0 fully saturated rings. The van der Waals surface area contributed by atoms with E-state index in [0.29, 0.717) is 0 Å². The van der Waals surface area contributed by atoms with E-state index < -0.39 is 0 Å². The van der Waals surface area contributed by atoms with Gasteiger partial charge in [0.05, 0.1) is 16.9 Å². The number of hydrogen-bond donors (Lipinski definition) is 1. The monoisotopic (exact) mass is 310 g/mol. The Balaban J connectivity index is 1.86. The molecule has 0 amide bonds. The van der Waals surface area contributed by atoms with Gasteiger partial charge in [-0.3, -0.25) is 9.97 Å². The minimum atomic E-state index is 0.816. The summed E-state index contributed by atoms with van der Waals surface area (Å²) >= 11 is 1.65. The third kappa shape index (κ3) is 2.99. The van der Waals surface area contributed by atoms with Gasteiger partial charge in [0.25, 0.3) is 0 Å². The Hall–Kier alpha value is -2.27. The SMILES string of the molecule is Cc1cnc(-c2csc(Cc3cc(C)c(N)cc3C)n2)cn1. The zero-order valence-corrected chi connectivity index (χ0v) is 13.7. The minimum absolute atomic E-state index is 0.816. The van der Waals surface area contributed by atoms with Crippen LogP contribution in [0.25, 0.3) is 11.4 Å². The van der Waals surface area contributed by atoms with Gasteiger partial charge >= 0.3 is 0 Å². The normalized spacial score (nSPS) is 10.9. The van der Waals surface area contributed by atoms with Crippen molar-refractivity contribution in [1.29, 1.82) is 0 Å². The van der Waals surface area contributed by atoms with Gasteiger partial charge in [-0.2, -0.15) is 0 Å². The summed E-state index contributed by atoms with van der Waals surface area (Å²) in [6.07, 6.45) is 4.35. The lowest BCUT2D eigenvalue weighted by Gasteiger charge is -2.08. The van der Waals surface area contributed by atoms with Crippen molar-refractivity contribution in [2.45, 2.75) is 27.2 Å². The summed E-state index contributed by atoms with van der Waals surface area (Å²) in [4.78, 5) is 13.3. The minimum Gasteiger partial charge on any atom is -0.399 e. The lowest BCUT2D eigenvalue weighted by atomic mass is 10.0. The zero-order valence-electron chi connectivity index (χ0n) is 12.9. The molecule has 0 bridgehead atoms. The van der Waals surface area contributed by atoms with Crippen molar-refractivity contribution in [3.8, 4) is 11.4 Å². The predicted molar refractivity (Wildman–Crippen MR) is 91.0 cm³/mol. The maximum Gasteiger partial charge on any atom is 0.108 e. The van der Waals surface area contributed by atoms with Crippen LogP contribution in [0.5, 0.6) is 0 Å². The number of anilines is 1.